The summed E-state index contributed by atoms with van der Waals surface area (Å²) in [4.78, 5) is 56.7. The van der Waals surface area contributed by atoms with E-state index in [9.17, 15) is 45.5 Å². The van der Waals surface area contributed by atoms with Crippen molar-refractivity contribution in [3.8, 4) is 0 Å². The molecule has 0 aromatic heterocycles. The van der Waals surface area contributed by atoms with Crippen LogP contribution in [0.4, 0.5) is 26.3 Å². The second kappa shape index (κ2) is 25.0. The Balaban J connectivity index is 1.61. The van der Waals surface area contributed by atoms with Crippen molar-refractivity contribution in [2.45, 2.75) is 144 Å². The van der Waals surface area contributed by atoms with E-state index in [1.165, 1.54) is 36.4 Å². The van der Waals surface area contributed by atoms with E-state index < -0.39 is 128 Å². The third-order valence-corrected chi connectivity index (χ3v) is 18.3. The van der Waals surface area contributed by atoms with E-state index >= 15 is 0 Å². The first-order valence-corrected chi connectivity index (χ1v) is 27.5. The number of aliphatic imine (C=N–C) groups is 1. The molecule has 0 radical (unpaired) electrons. The van der Waals surface area contributed by atoms with E-state index in [-0.39, 0.29) is 28.7 Å². The van der Waals surface area contributed by atoms with Crippen molar-refractivity contribution in [2.75, 3.05) is 13.2 Å². The number of thioether (sulfide) groups is 1. The van der Waals surface area contributed by atoms with Gasteiger partial charge in [0.15, 0.2) is 32.9 Å². The van der Waals surface area contributed by atoms with Gasteiger partial charge in [0.1, 0.15) is 42.5 Å². The van der Waals surface area contributed by atoms with Gasteiger partial charge in [0.25, 0.3) is 0 Å². The van der Waals surface area contributed by atoms with E-state index in [0.717, 1.165) is 51.3 Å². The number of hydrogen-bond acceptors (Lipinski definition) is 15. The number of ether oxygens (including phenoxy) is 8. The molecule has 0 aliphatic carbocycles. The van der Waals surface area contributed by atoms with Crippen molar-refractivity contribution in [1.82, 2.24) is 0 Å². The molecule has 4 aromatic carbocycles. The zero-order valence-corrected chi connectivity index (χ0v) is 44.1. The smallest absolute Gasteiger partial charge is 0.417 e. The van der Waals surface area contributed by atoms with Crippen LogP contribution in [0.5, 0.6) is 0 Å². The predicted octanol–water partition coefficient (Wildman–Crippen LogP) is 10.4. The summed E-state index contributed by atoms with van der Waals surface area (Å²) >= 11 is 0.568. The lowest BCUT2D eigenvalue weighted by atomic mass is 9.95. The molecule has 2 aliphatic rings. The van der Waals surface area contributed by atoms with E-state index in [0.29, 0.717) is 17.3 Å². The maximum absolute atomic E-state index is 14.8. The second-order valence-corrected chi connectivity index (χ2v) is 25.1. The van der Waals surface area contributed by atoms with Gasteiger partial charge >= 0.3 is 36.2 Å². The lowest BCUT2D eigenvalue weighted by Gasteiger charge is -2.49. The average molecular weight is 1090 g/mol. The zero-order valence-electron chi connectivity index (χ0n) is 42.3. The van der Waals surface area contributed by atoms with Crippen LogP contribution in [0.25, 0.3) is 0 Å². The number of esters is 4. The van der Waals surface area contributed by atoms with Crippen molar-refractivity contribution in [1.29, 1.82) is 0 Å². The van der Waals surface area contributed by atoms with Crippen LogP contribution in [0.1, 0.15) is 74.2 Å². The third-order valence-electron chi connectivity index (χ3n) is 12.6. The minimum Gasteiger partial charge on any atom is -0.463 e. The van der Waals surface area contributed by atoms with E-state index in [1.807, 2.05) is 33.9 Å². The van der Waals surface area contributed by atoms with Gasteiger partial charge in [-0.1, -0.05) is 111 Å². The fraction of sp³-hybridized carbons (Fsp3) is 0.453. The summed E-state index contributed by atoms with van der Waals surface area (Å²) in [5.41, 5.74) is -3.54. The molecular weight excluding hydrogens is 1030 g/mol. The van der Waals surface area contributed by atoms with Crippen molar-refractivity contribution < 1.29 is 87.8 Å². The molecule has 406 valence electrons. The molecule has 10 atom stereocenters. The summed E-state index contributed by atoms with van der Waals surface area (Å²) < 4.78 is 145. The Bertz CT molecular complexity index is 2600. The number of carbonyl (C=O) groups is 4. The van der Waals surface area contributed by atoms with Crippen LogP contribution in [-0.2, 0) is 75.7 Å². The molecule has 4 aromatic rings. The molecule has 2 heterocycles. The van der Waals surface area contributed by atoms with Gasteiger partial charge in [0, 0.05) is 37.4 Å². The van der Waals surface area contributed by atoms with Gasteiger partial charge in [-0.05, 0) is 54.0 Å². The highest BCUT2D eigenvalue weighted by Crippen LogP contribution is 2.45. The van der Waals surface area contributed by atoms with E-state index in [1.54, 1.807) is 48.5 Å². The van der Waals surface area contributed by atoms with Crippen molar-refractivity contribution in [3.63, 3.8) is 0 Å². The lowest BCUT2D eigenvalue weighted by Crippen LogP contribution is -2.66. The maximum Gasteiger partial charge on any atom is 0.417 e. The number of alkyl halides is 6. The summed E-state index contributed by atoms with van der Waals surface area (Å²) in [6.45, 7) is 11.9. The Morgan fingerprint density at radius 2 is 1.20 bits per heavy atom. The van der Waals surface area contributed by atoms with Gasteiger partial charge in [-0.25, -0.2) is 4.79 Å². The predicted molar refractivity (Wildman–Crippen MR) is 264 cm³/mol. The number of hydrogen-bond donors (Lipinski definition) is 0. The van der Waals surface area contributed by atoms with Crippen LogP contribution in [0, 0.1) is 0 Å². The average Bonchev–Trinajstić information content (AvgIpc) is 3.33. The van der Waals surface area contributed by atoms with Crippen molar-refractivity contribution >= 4 is 50.2 Å². The fourth-order valence-electron chi connectivity index (χ4n) is 7.90. The number of rotatable bonds is 18. The standard InChI is InChI=1S/C53H59F6NO13SSi/c1-31(61)65-29-39-44(68-32(2)62)45(69-33(3)63)42(60-27-36-23-15-16-24-37(36)52(54,55)56)49(70-39)73-46-43(66-28-34-19-11-9-12-20-34)40(30-67-75(7,8)51(4,5)6)71-50(47(46)72-48(64)35-21-13-10-14-22-35)74-41-26-18-17-25-38(41)53(57,58)59/h9-27,39-40,42-47,49-50H,28-30H2,1-8H3/t39-,40-,42-,43+,44+,45-,46+,47-,49-,50+/m1/s1. The van der Waals surface area contributed by atoms with E-state index in [2.05, 4.69) is 4.99 Å². The topological polar surface area (TPSA) is 164 Å². The minimum atomic E-state index is -4.88. The highest BCUT2D eigenvalue weighted by atomic mass is 32.2. The normalized spacial score (nSPS) is 24.6. The molecule has 0 unspecified atom stereocenters. The molecule has 0 N–H and O–H groups in total. The summed E-state index contributed by atoms with van der Waals surface area (Å²) in [6, 6.07) is 23.8. The Morgan fingerprint density at radius 3 is 1.80 bits per heavy atom. The molecule has 6 rings (SSSR count). The summed E-state index contributed by atoms with van der Waals surface area (Å²) in [5, 5.41) is -0.376. The van der Waals surface area contributed by atoms with E-state index in [4.69, 9.17) is 42.3 Å². The SMILES string of the molecule is CC(=O)OC[C@H]1O[C@H](O[C@H]2[C@@H](OCc3ccccc3)[C@@H](CO[Si](C)(C)C(C)(C)C)O[C@@H](Sc3ccccc3C(F)(F)F)[C@@H]2OC(=O)c2ccccc2)[C@H](N=Cc2ccccc2C(F)(F)F)[C@@H](OC(C)=O)[C@H]1OC(C)=O. The highest BCUT2D eigenvalue weighted by molar-refractivity contribution is 7.99. The van der Waals surface area contributed by atoms with Crippen LogP contribution < -0.4 is 0 Å². The molecule has 0 spiro atoms. The number of benzene rings is 4. The van der Waals surface area contributed by atoms with Gasteiger partial charge in [0.2, 0.25) is 0 Å². The summed E-state index contributed by atoms with van der Waals surface area (Å²) in [7, 11) is -2.71. The lowest BCUT2D eigenvalue weighted by molar-refractivity contribution is -0.319. The first kappa shape index (κ1) is 58.6. The molecule has 0 saturated carbocycles. The first-order valence-electron chi connectivity index (χ1n) is 23.8. The largest absolute Gasteiger partial charge is 0.463 e. The van der Waals surface area contributed by atoms with Gasteiger partial charge < -0.3 is 42.3 Å². The number of halogens is 6. The van der Waals surface area contributed by atoms with Crippen LogP contribution in [0.15, 0.2) is 119 Å². The molecule has 2 aliphatic heterocycles. The minimum absolute atomic E-state index is 0.0149. The first-order chi connectivity index (χ1) is 35.2. The molecular formula is C53H59F6NO13SSi. The third kappa shape index (κ3) is 15.7. The summed E-state index contributed by atoms with van der Waals surface area (Å²) in [5.74, 6) is -3.71. The maximum atomic E-state index is 14.8. The second-order valence-electron chi connectivity index (χ2n) is 19.2. The Labute approximate surface area is 435 Å². The molecule has 2 fully saturated rings. The summed E-state index contributed by atoms with van der Waals surface area (Å²) in [6.07, 6.45) is -22.0. The molecule has 0 bridgehead atoms. The quantitative estimate of drug-likeness (QED) is 0.0304. The monoisotopic (exact) mass is 1090 g/mol. The molecule has 14 nitrogen and oxygen atoms in total. The van der Waals surface area contributed by atoms with Gasteiger partial charge in [0.05, 0.1) is 29.9 Å². The van der Waals surface area contributed by atoms with Gasteiger partial charge in [-0.3, -0.25) is 19.4 Å². The Kier molecular flexibility index (Phi) is 19.6. The Morgan fingerprint density at radius 1 is 0.640 bits per heavy atom. The highest BCUT2D eigenvalue weighted by Gasteiger charge is 2.57. The van der Waals surface area contributed by atoms with Gasteiger partial charge in [-0.15, -0.1) is 0 Å². The van der Waals surface area contributed by atoms with Gasteiger partial charge in [-0.2, -0.15) is 26.3 Å². The van der Waals surface area contributed by atoms with Crippen LogP contribution in [0.2, 0.25) is 18.1 Å². The number of nitrogens with zero attached hydrogens (tertiary/aromatic N) is 1. The fourth-order valence-corrected chi connectivity index (χ4v) is 10.2. The Hall–Kier alpha value is -5.62. The van der Waals surface area contributed by atoms with Crippen molar-refractivity contribution in [3.05, 3.63) is 137 Å². The van der Waals surface area contributed by atoms with Crippen LogP contribution in [-0.4, -0.2) is 112 Å². The zero-order chi connectivity index (χ0) is 54.9. The molecule has 0 amide bonds. The molecule has 75 heavy (non-hydrogen) atoms. The van der Waals surface area contributed by atoms with Crippen LogP contribution >= 0.6 is 11.8 Å². The molecule has 22 heteroatoms. The van der Waals surface area contributed by atoms with Crippen LogP contribution in [0.3, 0.4) is 0 Å². The van der Waals surface area contributed by atoms with Crippen molar-refractivity contribution in [2.24, 2.45) is 4.99 Å². The number of carbonyl (C=O) groups excluding carboxylic acids is 4. The molecule has 2 saturated heterocycles.